The second-order valence-corrected chi connectivity index (χ2v) is 7.86. The summed E-state index contributed by atoms with van der Waals surface area (Å²) < 4.78 is 10.8. The summed E-state index contributed by atoms with van der Waals surface area (Å²) in [6, 6.07) is 7.93. The Hall–Kier alpha value is -2.21. The first-order valence-corrected chi connectivity index (χ1v) is 10.0. The molecule has 2 aliphatic rings. The largest absolute Gasteiger partial charge is 0.489 e. The molecule has 1 aromatic carbocycles. The zero-order chi connectivity index (χ0) is 19.1. The first-order chi connectivity index (χ1) is 13.1. The van der Waals surface area contributed by atoms with Crippen LogP contribution >= 0.6 is 0 Å². The number of methoxy groups -OCH3 is 1. The van der Waals surface area contributed by atoms with Crippen LogP contribution in [0.15, 0.2) is 35.9 Å². The van der Waals surface area contributed by atoms with E-state index in [9.17, 15) is 4.79 Å². The van der Waals surface area contributed by atoms with Gasteiger partial charge in [-0.15, -0.1) is 5.92 Å². The molecule has 1 fully saturated rings. The minimum atomic E-state index is -0.243. The van der Waals surface area contributed by atoms with Crippen LogP contribution in [0.4, 0.5) is 0 Å². The fourth-order valence-corrected chi connectivity index (χ4v) is 4.35. The van der Waals surface area contributed by atoms with Crippen molar-refractivity contribution < 1.29 is 14.3 Å². The number of carbonyl (C=O) groups excluding carboxylic acids is 1. The number of ether oxygens (including phenoxy) is 2. The van der Waals surface area contributed by atoms with Gasteiger partial charge in [0.25, 0.3) is 0 Å². The molecule has 3 heteroatoms. The van der Waals surface area contributed by atoms with E-state index in [0.29, 0.717) is 12.0 Å². The molecule has 2 aliphatic carbocycles. The maximum atomic E-state index is 11.6. The van der Waals surface area contributed by atoms with E-state index in [2.05, 4.69) is 17.9 Å². The highest BCUT2D eigenvalue weighted by molar-refractivity contribution is 5.71. The minimum Gasteiger partial charge on any atom is -0.489 e. The lowest BCUT2D eigenvalue weighted by atomic mass is 9.74. The van der Waals surface area contributed by atoms with Crippen molar-refractivity contribution in [3.63, 3.8) is 0 Å². The summed E-state index contributed by atoms with van der Waals surface area (Å²) in [5, 5.41) is 0. The van der Waals surface area contributed by atoms with E-state index >= 15 is 0 Å². The third-order valence-corrected chi connectivity index (χ3v) is 6.09. The Morgan fingerprint density at radius 1 is 1.19 bits per heavy atom. The smallest absolute Gasteiger partial charge is 0.307 e. The molecule has 0 unspecified atom stereocenters. The lowest BCUT2D eigenvalue weighted by molar-refractivity contribution is -0.140. The lowest BCUT2D eigenvalue weighted by Gasteiger charge is -2.32. The van der Waals surface area contributed by atoms with Gasteiger partial charge in [-0.3, -0.25) is 4.79 Å². The van der Waals surface area contributed by atoms with Crippen molar-refractivity contribution in [3.05, 3.63) is 41.5 Å². The summed E-state index contributed by atoms with van der Waals surface area (Å²) >= 11 is 0. The topological polar surface area (TPSA) is 35.5 Å². The Balaban J connectivity index is 1.55. The predicted molar refractivity (Wildman–Crippen MR) is 108 cm³/mol. The van der Waals surface area contributed by atoms with Crippen LogP contribution in [0.3, 0.4) is 0 Å². The van der Waals surface area contributed by atoms with Crippen molar-refractivity contribution in [3.8, 4) is 17.6 Å². The number of hydrogen-bond acceptors (Lipinski definition) is 3. The maximum Gasteiger partial charge on any atom is 0.307 e. The lowest BCUT2D eigenvalue weighted by Crippen LogP contribution is -2.20. The molecule has 0 aliphatic heterocycles. The van der Waals surface area contributed by atoms with Gasteiger partial charge in [-0.25, -0.2) is 0 Å². The Morgan fingerprint density at radius 2 is 1.93 bits per heavy atom. The van der Waals surface area contributed by atoms with Crippen molar-refractivity contribution in [1.29, 1.82) is 0 Å². The van der Waals surface area contributed by atoms with Crippen molar-refractivity contribution in [2.24, 2.45) is 5.41 Å². The van der Waals surface area contributed by atoms with Gasteiger partial charge in [-0.2, -0.15) is 0 Å². The fourth-order valence-electron chi connectivity index (χ4n) is 4.35. The number of carbonyl (C=O) groups is 1. The molecule has 0 saturated heterocycles. The highest BCUT2D eigenvalue weighted by Gasteiger charge is 2.34. The van der Waals surface area contributed by atoms with E-state index in [1.54, 1.807) is 6.92 Å². The van der Waals surface area contributed by atoms with E-state index < -0.39 is 0 Å². The fraction of sp³-hybridized carbons (Fsp3) is 0.542. The van der Waals surface area contributed by atoms with Crippen LogP contribution in [-0.4, -0.2) is 19.7 Å². The maximum absolute atomic E-state index is 11.6. The van der Waals surface area contributed by atoms with Crippen molar-refractivity contribution in [2.45, 2.75) is 64.2 Å². The van der Waals surface area contributed by atoms with Crippen molar-refractivity contribution in [1.82, 2.24) is 0 Å². The average Bonchev–Trinajstić information content (AvgIpc) is 3.15. The number of allylic oxidation sites excluding steroid dienone is 1. The summed E-state index contributed by atoms with van der Waals surface area (Å²) in [4.78, 5) is 11.6. The first-order valence-electron chi connectivity index (χ1n) is 10.0. The van der Waals surface area contributed by atoms with Crippen LogP contribution in [0.1, 0.15) is 69.8 Å². The summed E-state index contributed by atoms with van der Waals surface area (Å²) in [5.74, 6) is 6.47. The van der Waals surface area contributed by atoms with E-state index in [1.807, 2.05) is 24.3 Å². The molecule has 1 spiro atoms. The number of hydrogen-bond donors (Lipinski definition) is 0. The molecule has 0 radical (unpaired) electrons. The molecule has 0 N–H and O–H groups in total. The van der Waals surface area contributed by atoms with Crippen molar-refractivity contribution >= 4 is 5.97 Å². The van der Waals surface area contributed by atoms with Gasteiger partial charge in [0.15, 0.2) is 0 Å². The number of esters is 1. The normalized spacial score (nSPS) is 19.0. The number of benzene rings is 1. The Morgan fingerprint density at radius 3 is 2.52 bits per heavy atom. The van der Waals surface area contributed by atoms with E-state index in [1.165, 1.54) is 57.6 Å². The second kappa shape index (κ2) is 9.13. The van der Waals surface area contributed by atoms with E-state index in [-0.39, 0.29) is 18.3 Å². The first kappa shape index (κ1) is 19.5. The van der Waals surface area contributed by atoms with Gasteiger partial charge >= 0.3 is 5.97 Å². The van der Waals surface area contributed by atoms with Crippen molar-refractivity contribution in [2.75, 3.05) is 13.7 Å². The van der Waals surface area contributed by atoms with Crippen LogP contribution in [0.2, 0.25) is 0 Å². The summed E-state index contributed by atoms with van der Waals surface area (Å²) in [6.45, 7) is 2.46. The third kappa shape index (κ3) is 5.16. The molecule has 0 heterocycles. The molecule has 144 valence electrons. The van der Waals surface area contributed by atoms with Crippen LogP contribution in [0, 0.1) is 17.3 Å². The summed E-state index contributed by atoms with van der Waals surface area (Å²) in [7, 11) is 1.41. The van der Waals surface area contributed by atoms with Gasteiger partial charge in [0.2, 0.25) is 0 Å². The van der Waals surface area contributed by atoms with Gasteiger partial charge in [0, 0.05) is 0 Å². The van der Waals surface area contributed by atoms with Gasteiger partial charge in [0.05, 0.1) is 19.4 Å². The molecule has 0 aromatic heterocycles. The van der Waals surface area contributed by atoms with Crippen LogP contribution < -0.4 is 4.74 Å². The van der Waals surface area contributed by atoms with Gasteiger partial charge in [-0.1, -0.05) is 37.0 Å². The van der Waals surface area contributed by atoms with Gasteiger partial charge < -0.3 is 9.47 Å². The highest BCUT2D eigenvalue weighted by Crippen LogP contribution is 2.48. The molecule has 0 amide bonds. The highest BCUT2D eigenvalue weighted by atomic mass is 16.5. The zero-order valence-electron chi connectivity index (χ0n) is 16.6. The SMILES string of the molecule is CC#C[C@@H](CC(=O)OC)c1ccc(OCC2=CCC3(CCCC3)CC2)cc1. The molecular formula is C24H30O3. The molecule has 0 bridgehead atoms. The van der Waals surface area contributed by atoms with Gasteiger partial charge in [0.1, 0.15) is 12.4 Å². The van der Waals surface area contributed by atoms with Crippen LogP contribution in [-0.2, 0) is 9.53 Å². The quantitative estimate of drug-likeness (QED) is 0.384. The molecule has 1 aromatic rings. The molecule has 27 heavy (non-hydrogen) atoms. The monoisotopic (exact) mass is 366 g/mol. The van der Waals surface area contributed by atoms with E-state index in [0.717, 1.165) is 11.3 Å². The Bertz CT molecular complexity index is 727. The van der Waals surface area contributed by atoms with Crippen LogP contribution in [0.25, 0.3) is 0 Å². The van der Waals surface area contributed by atoms with E-state index in [4.69, 9.17) is 9.47 Å². The molecule has 3 nitrogen and oxygen atoms in total. The molecule has 1 saturated carbocycles. The van der Waals surface area contributed by atoms with Gasteiger partial charge in [-0.05, 0) is 67.7 Å². The zero-order valence-corrected chi connectivity index (χ0v) is 16.6. The molecule has 3 rings (SSSR count). The predicted octanol–water partition coefficient (Wildman–Crippen LogP) is 5.41. The molecule has 1 atom stereocenters. The summed E-state index contributed by atoms with van der Waals surface area (Å²) in [6.07, 6.45) is 12.1. The summed E-state index contributed by atoms with van der Waals surface area (Å²) in [5.41, 5.74) is 3.05. The third-order valence-electron chi connectivity index (χ3n) is 6.09. The molecular weight excluding hydrogens is 336 g/mol. The standard InChI is InChI=1S/C24H30O3/c1-3-6-21(17-23(25)26-2)20-7-9-22(10-8-20)27-18-19-11-15-24(16-12-19)13-4-5-14-24/h7-11,21H,4-5,12-18H2,1-2H3/t21-/m0/s1. The average molecular weight is 367 g/mol. The Labute approximate surface area is 163 Å². The Kier molecular flexibility index (Phi) is 6.61. The minimum absolute atomic E-state index is 0.139. The second-order valence-electron chi connectivity index (χ2n) is 7.86. The van der Waals surface area contributed by atoms with Crippen LogP contribution in [0.5, 0.6) is 5.75 Å². The number of rotatable bonds is 6.